The van der Waals surface area contributed by atoms with Crippen LogP contribution in [0.3, 0.4) is 0 Å². The summed E-state index contributed by atoms with van der Waals surface area (Å²) in [6, 6.07) is 13.7. The van der Waals surface area contributed by atoms with Gasteiger partial charge in [-0.25, -0.2) is 0 Å². The SMILES string of the molecule is c1ccc(-c2nnc3c4ccccc4cnn23)nc1. The van der Waals surface area contributed by atoms with Crippen molar-refractivity contribution in [2.75, 3.05) is 0 Å². The van der Waals surface area contributed by atoms with Crippen molar-refractivity contribution < 1.29 is 0 Å². The fourth-order valence-corrected chi connectivity index (χ4v) is 2.15. The van der Waals surface area contributed by atoms with Crippen LogP contribution in [0.15, 0.2) is 54.9 Å². The molecule has 0 unspecified atom stereocenters. The van der Waals surface area contributed by atoms with E-state index in [-0.39, 0.29) is 0 Å². The van der Waals surface area contributed by atoms with Gasteiger partial charge < -0.3 is 0 Å². The summed E-state index contributed by atoms with van der Waals surface area (Å²) >= 11 is 0. The minimum absolute atomic E-state index is 0.654. The minimum Gasteiger partial charge on any atom is -0.253 e. The number of hydrogen-bond donors (Lipinski definition) is 0. The predicted octanol–water partition coefficient (Wildman–Crippen LogP) is 2.34. The zero-order valence-electron chi connectivity index (χ0n) is 9.93. The molecular weight excluding hydrogens is 238 g/mol. The lowest BCUT2D eigenvalue weighted by Gasteiger charge is -2.00. The number of hydrogen-bond acceptors (Lipinski definition) is 4. The van der Waals surface area contributed by atoms with Crippen LogP contribution in [-0.4, -0.2) is 24.8 Å². The van der Waals surface area contributed by atoms with E-state index in [2.05, 4.69) is 20.3 Å². The average molecular weight is 247 g/mol. The quantitative estimate of drug-likeness (QED) is 0.518. The normalized spacial score (nSPS) is 11.2. The fourth-order valence-electron chi connectivity index (χ4n) is 2.15. The van der Waals surface area contributed by atoms with Gasteiger partial charge in [0.15, 0.2) is 5.65 Å². The van der Waals surface area contributed by atoms with Gasteiger partial charge in [-0.2, -0.15) is 9.61 Å². The Morgan fingerprint density at radius 1 is 0.895 bits per heavy atom. The number of fused-ring (bicyclic) bond motifs is 3. The first kappa shape index (κ1) is 10.1. The molecule has 0 spiro atoms. The highest BCUT2D eigenvalue weighted by molar-refractivity contribution is 5.93. The van der Waals surface area contributed by atoms with Gasteiger partial charge in [-0.1, -0.05) is 30.3 Å². The molecule has 19 heavy (non-hydrogen) atoms. The van der Waals surface area contributed by atoms with Gasteiger partial charge in [-0.3, -0.25) is 4.98 Å². The largest absolute Gasteiger partial charge is 0.253 e. The third-order valence-corrected chi connectivity index (χ3v) is 3.05. The third kappa shape index (κ3) is 1.48. The van der Waals surface area contributed by atoms with Crippen molar-refractivity contribution in [3.8, 4) is 11.5 Å². The second kappa shape index (κ2) is 3.84. The molecule has 0 aliphatic rings. The first-order valence-corrected chi connectivity index (χ1v) is 5.94. The van der Waals surface area contributed by atoms with Crippen LogP contribution in [0.1, 0.15) is 0 Å². The van der Waals surface area contributed by atoms with Crippen LogP contribution in [0.25, 0.3) is 27.9 Å². The lowest BCUT2D eigenvalue weighted by molar-refractivity contribution is 0.939. The second-order valence-corrected chi connectivity index (χ2v) is 4.21. The fraction of sp³-hybridized carbons (Fsp3) is 0. The molecular formula is C14H9N5. The van der Waals surface area contributed by atoms with Crippen molar-refractivity contribution in [2.45, 2.75) is 0 Å². The molecule has 0 saturated carbocycles. The molecule has 0 aliphatic heterocycles. The lowest BCUT2D eigenvalue weighted by Crippen LogP contribution is -1.96. The maximum absolute atomic E-state index is 4.40. The van der Waals surface area contributed by atoms with Crippen LogP contribution < -0.4 is 0 Å². The molecule has 0 fully saturated rings. The third-order valence-electron chi connectivity index (χ3n) is 3.05. The minimum atomic E-state index is 0.654. The van der Waals surface area contributed by atoms with E-state index in [0.29, 0.717) is 5.82 Å². The zero-order chi connectivity index (χ0) is 12.7. The Bertz CT molecular complexity index is 867. The summed E-state index contributed by atoms with van der Waals surface area (Å²) in [5.41, 5.74) is 1.51. The monoisotopic (exact) mass is 247 g/mol. The van der Waals surface area contributed by atoms with Crippen molar-refractivity contribution in [3.63, 3.8) is 0 Å². The highest BCUT2D eigenvalue weighted by atomic mass is 15.4. The highest BCUT2D eigenvalue weighted by Gasteiger charge is 2.11. The van der Waals surface area contributed by atoms with Crippen molar-refractivity contribution in [1.29, 1.82) is 0 Å². The summed E-state index contributed by atoms with van der Waals surface area (Å²) < 4.78 is 1.73. The smallest absolute Gasteiger partial charge is 0.203 e. The van der Waals surface area contributed by atoms with Crippen LogP contribution in [0.4, 0.5) is 0 Å². The van der Waals surface area contributed by atoms with Crippen LogP contribution in [-0.2, 0) is 0 Å². The van der Waals surface area contributed by atoms with Crippen molar-refractivity contribution in [3.05, 3.63) is 54.9 Å². The predicted molar refractivity (Wildman–Crippen MR) is 71.5 cm³/mol. The summed E-state index contributed by atoms with van der Waals surface area (Å²) in [5.74, 6) is 0.654. The van der Waals surface area contributed by atoms with Crippen molar-refractivity contribution in [1.82, 2.24) is 24.8 Å². The summed E-state index contributed by atoms with van der Waals surface area (Å²) in [6.45, 7) is 0. The summed E-state index contributed by atoms with van der Waals surface area (Å²) in [6.07, 6.45) is 3.55. The average Bonchev–Trinajstić information content (AvgIpc) is 2.92. The number of pyridine rings is 1. The van der Waals surface area contributed by atoms with Gasteiger partial charge >= 0.3 is 0 Å². The molecule has 0 saturated heterocycles. The van der Waals surface area contributed by atoms with E-state index >= 15 is 0 Å². The Hall–Kier alpha value is -2.82. The Morgan fingerprint density at radius 2 is 1.79 bits per heavy atom. The summed E-state index contributed by atoms with van der Waals surface area (Å²) in [5, 5.41) is 14.9. The maximum atomic E-state index is 4.40. The molecule has 5 heteroatoms. The van der Waals surface area contributed by atoms with E-state index in [1.165, 1.54) is 0 Å². The molecule has 0 amide bonds. The van der Waals surface area contributed by atoms with E-state index < -0.39 is 0 Å². The Labute approximate surface area is 108 Å². The molecule has 0 atom stereocenters. The maximum Gasteiger partial charge on any atom is 0.203 e. The molecule has 0 N–H and O–H groups in total. The van der Waals surface area contributed by atoms with Crippen molar-refractivity contribution in [2.24, 2.45) is 0 Å². The van der Waals surface area contributed by atoms with Crippen LogP contribution in [0, 0.1) is 0 Å². The zero-order valence-corrected chi connectivity index (χ0v) is 9.93. The first-order valence-electron chi connectivity index (χ1n) is 5.94. The summed E-state index contributed by atoms with van der Waals surface area (Å²) in [4.78, 5) is 4.29. The van der Waals surface area contributed by atoms with Gasteiger partial charge in [0, 0.05) is 17.0 Å². The Balaban J connectivity index is 2.08. The van der Waals surface area contributed by atoms with Gasteiger partial charge in [0.2, 0.25) is 5.82 Å². The molecule has 0 bridgehead atoms. The highest BCUT2D eigenvalue weighted by Crippen LogP contribution is 2.20. The standard InChI is InChI=1S/C14H9N5/c1-2-6-11-10(5-1)9-16-19-13(11)17-18-14(19)12-7-3-4-8-15-12/h1-9H. The number of aromatic nitrogens is 5. The van der Waals surface area contributed by atoms with Gasteiger partial charge in [-0.05, 0) is 12.1 Å². The van der Waals surface area contributed by atoms with Crippen LogP contribution in [0.2, 0.25) is 0 Å². The Kier molecular flexibility index (Phi) is 2.05. The molecule has 4 aromatic rings. The Morgan fingerprint density at radius 3 is 2.68 bits per heavy atom. The van der Waals surface area contributed by atoms with Gasteiger partial charge in [0.05, 0.1) is 6.20 Å². The van der Waals surface area contributed by atoms with Crippen LogP contribution in [0.5, 0.6) is 0 Å². The lowest BCUT2D eigenvalue weighted by atomic mass is 10.2. The molecule has 4 rings (SSSR count). The molecule has 3 aromatic heterocycles. The second-order valence-electron chi connectivity index (χ2n) is 4.21. The molecule has 1 aromatic carbocycles. The van der Waals surface area contributed by atoms with E-state index in [0.717, 1.165) is 22.1 Å². The summed E-state index contributed by atoms with van der Waals surface area (Å²) in [7, 11) is 0. The molecule has 90 valence electrons. The molecule has 3 heterocycles. The van der Waals surface area contributed by atoms with Gasteiger partial charge in [-0.15, -0.1) is 10.2 Å². The van der Waals surface area contributed by atoms with Gasteiger partial charge in [0.25, 0.3) is 0 Å². The van der Waals surface area contributed by atoms with Crippen molar-refractivity contribution >= 4 is 16.4 Å². The van der Waals surface area contributed by atoms with E-state index in [9.17, 15) is 0 Å². The van der Waals surface area contributed by atoms with Gasteiger partial charge in [0.1, 0.15) is 5.69 Å². The first-order chi connectivity index (χ1) is 9.43. The van der Waals surface area contributed by atoms with E-state index in [4.69, 9.17) is 0 Å². The number of nitrogens with zero attached hydrogens (tertiary/aromatic N) is 5. The van der Waals surface area contributed by atoms with E-state index in [1.54, 1.807) is 10.7 Å². The molecule has 0 radical (unpaired) electrons. The topological polar surface area (TPSA) is 56.0 Å². The van der Waals surface area contributed by atoms with Crippen LogP contribution >= 0.6 is 0 Å². The van der Waals surface area contributed by atoms with E-state index in [1.807, 2.05) is 48.7 Å². The number of rotatable bonds is 1. The molecule has 5 nitrogen and oxygen atoms in total. The molecule has 0 aliphatic carbocycles. The number of benzene rings is 1.